The number of hydrogen-bond donors (Lipinski definition) is 0. The van der Waals surface area contributed by atoms with Crippen molar-refractivity contribution in [3.8, 4) is 0 Å². The van der Waals surface area contributed by atoms with E-state index in [1.54, 1.807) is 22.5 Å². The minimum absolute atomic E-state index is 0.120. The van der Waals surface area contributed by atoms with Gasteiger partial charge in [0, 0.05) is 22.8 Å². The van der Waals surface area contributed by atoms with E-state index in [1.807, 2.05) is 30.3 Å². The minimum Gasteiger partial charge on any atom is -0.294 e. The zero-order valence-corrected chi connectivity index (χ0v) is 17.9. The Hall–Kier alpha value is -2.51. The zero-order valence-electron chi connectivity index (χ0n) is 15.5. The lowest BCUT2D eigenvalue weighted by molar-refractivity contribution is 0.0962. The van der Waals surface area contributed by atoms with Crippen molar-refractivity contribution in [2.24, 2.45) is 0 Å². The predicted molar refractivity (Wildman–Crippen MR) is 116 cm³/mol. The van der Waals surface area contributed by atoms with Gasteiger partial charge in [0.25, 0.3) is 5.78 Å². The van der Waals surface area contributed by atoms with Gasteiger partial charge in [-0.05, 0) is 35.6 Å². The van der Waals surface area contributed by atoms with Crippen LogP contribution in [0.15, 0.2) is 70.4 Å². The molecule has 2 heterocycles. The normalized spacial score (nSPS) is 16.2. The first-order valence-electron chi connectivity index (χ1n) is 9.37. The van der Waals surface area contributed by atoms with Crippen LogP contribution < -0.4 is 0 Å². The molecular weight excluding hydrogens is 448 g/mol. The van der Waals surface area contributed by atoms with Crippen molar-refractivity contribution >= 4 is 39.3 Å². The van der Waals surface area contributed by atoms with Crippen molar-refractivity contribution < 1.29 is 4.79 Å². The van der Waals surface area contributed by atoms with Crippen LogP contribution in [0.4, 0.5) is 0 Å². The van der Waals surface area contributed by atoms with Gasteiger partial charge in [-0.2, -0.15) is 4.98 Å². The summed E-state index contributed by atoms with van der Waals surface area (Å²) in [6.07, 6.45) is 3.04. The van der Waals surface area contributed by atoms with Gasteiger partial charge in [-0.15, -0.1) is 5.10 Å². The average molecular weight is 465 g/mol. The van der Waals surface area contributed by atoms with Crippen LogP contribution >= 0.6 is 27.7 Å². The Kier molecular flexibility index (Phi) is 4.93. The minimum atomic E-state index is 0.120. The third-order valence-electron chi connectivity index (χ3n) is 5.12. The molecule has 5 nitrogen and oxygen atoms in total. The first kappa shape index (κ1) is 18.5. The highest BCUT2D eigenvalue weighted by Crippen LogP contribution is 2.32. The van der Waals surface area contributed by atoms with Gasteiger partial charge in [0.05, 0.1) is 11.3 Å². The Balaban J connectivity index is 1.40. The predicted octanol–water partition coefficient (Wildman–Crippen LogP) is 5.09. The molecule has 29 heavy (non-hydrogen) atoms. The molecule has 144 valence electrons. The summed E-state index contributed by atoms with van der Waals surface area (Å²) in [4.78, 5) is 22.0. The van der Waals surface area contributed by atoms with E-state index in [0.29, 0.717) is 22.9 Å². The van der Waals surface area contributed by atoms with Gasteiger partial charge in [-0.3, -0.25) is 4.79 Å². The molecule has 1 aliphatic rings. The summed E-state index contributed by atoms with van der Waals surface area (Å²) in [7, 11) is 0. The second-order valence-electron chi connectivity index (χ2n) is 7.09. The van der Waals surface area contributed by atoms with E-state index in [-0.39, 0.29) is 11.7 Å². The molecule has 1 atom stereocenters. The number of halogens is 1. The van der Waals surface area contributed by atoms with Crippen LogP contribution in [0.2, 0.25) is 0 Å². The number of aromatic nitrogens is 4. The van der Waals surface area contributed by atoms with Gasteiger partial charge in [-0.1, -0.05) is 70.2 Å². The van der Waals surface area contributed by atoms with Crippen molar-refractivity contribution in [2.75, 3.05) is 0 Å². The van der Waals surface area contributed by atoms with Crippen molar-refractivity contribution in [1.82, 2.24) is 19.6 Å². The van der Waals surface area contributed by atoms with Crippen molar-refractivity contribution in [3.63, 3.8) is 0 Å². The second-order valence-corrected chi connectivity index (χ2v) is 8.95. The zero-order chi connectivity index (χ0) is 19.8. The molecule has 0 amide bonds. The Morgan fingerprint density at radius 1 is 1.03 bits per heavy atom. The number of ketones is 1. The first-order valence-corrected chi connectivity index (χ1v) is 11.2. The fourth-order valence-corrected chi connectivity index (χ4v) is 4.66. The number of thioether (sulfide) groups is 1. The Bertz CT molecular complexity index is 1190. The summed E-state index contributed by atoms with van der Waals surface area (Å²) in [6.45, 7) is 0. The summed E-state index contributed by atoms with van der Waals surface area (Å²) in [5, 5.41) is 5.17. The van der Waals surface area contributed by atoms with E-state index in [1.165, 1.54) is 11.1 Å². The van der Waals surface area contributed by atoms with Crippen molar-refractivity contribution in [2.45, 2.75) is 29.7 Å². The molecule has 2 aromatic carbocycles. The van der Waals surface area contributed by atoms with Gasteiger partial charge in [-0.25, -0.2) is 9.50 Å². The number of carbonyl (C=O) groups excluding carboxylic acids is 1. The molecule has 2 aromatic heterocycles. The second kappa shape index (κ2) is 7.72. The standard InChI is InChI=1S/C22H17BrN4OS/c23-17-8-6-14(7-9-17)13-29-22-25-21-24-19-10-16(15-4-2-1-3-5-15)11-20(28)18(19)12-27(21)26-22/h1-9,12,16H,10-11,13H2/t16-/m1/s1. The molecule has 0 N–H and O–H groups in total. The summed E-state index contributed by atoms with van der Waals surface area (Å²) < 4.78 is 2.69. The molecular formula is C22H17BrN4OS. The van der Waals surface area contributed by atoms with Crippen LogP contribution in [0, 0.1) is 0 Å². The highest BCUT2D eigenvalue weighted by Gasteiger charge is 2.28. The first-order chi connectivity index (χ1) is 14.2. The summed E-state index contributed by atoms with van der Waals surface area (Å²) in [6, 6.07) is 18.4. The molecule has 1 aliphatic carbocycles. The van der Waals surface area contributed by atoms with Crippen molar-refractivity contribution in [3.05, 3.63) is 87.7 Å². The number of fused-ring (bicyclic) bond motifs is 2. The number of carbonyl (C=O) groups is 1. The Morgan fingerprint density at radius 3 is 2.62 bits per heavy atom. The molecule has 0 unspecified atom stereocenters. The summed E-state index contributed by atoms with van der Waals surface area (Å²) >= 11 is 5.01. The van der Waals surface area contributed by atoms with Gasteiger partial charge in [0.15, 0.2) is 5.78 Å². The molecule has 0 fully saturated rings. The Morgan fingerprint density at radius 2 is 1.83 bits per heavy atom. The lowest BCUT2D eigenvalue weighted by atomic mass is 9.82. The fraction of sp³-hybridized carbons (Fsp3) is 0.182. The van der Waals surface area contributed by atoms with Gasteiger partial charge in [0.2, 0.25) is 5.16 Å². The molecule has 0 bridgehead atoms. The van der Waals surface area contributed by atoms with Gasteiger partial charge >= 0.3 is 0 Å². The average Bonchev–Trinajstić information content (AvgIpc) is 3.14. The largest absolute Gasteiger partial charge is 0.294 e. The maximum absolute atomic E-state index is 12.7. The lowest BCUT2D eigenvalue weighted by Gasteiger charge is -2.22. The van der Waals surface area contributed by atoms with E-state index < -0.39 is 0 Å². The van der Waals surface area contributed by atoms with E-state index in [4.69, 9.17) is 0 Å². The molecule has 0 aliphatic heterocycles. The van der Waals surface area contributed by atoms with Crippen LogP contribution in [-0.2, 0) is 12.2 Å². The SMILES string of the molecule is O=C1C[C@H](c2ccccc2)Cc2nc3nc(SCc4ccc(Br)cc4)nn3cc21. The van der Waals surface area contributed by atoms with E-state index in [2.05, 4.69) is 55.3 Å². The third kappa shape index (κ3) is 3.84. The van der Waals surface area contributed by atoms with Crippen LogP contribution in [0.1, 0.15) is 39.5 Å². The molecule has 7 heteroatoms. The summed E-state index contributed by atoms with van der Waals surface area (Å²) in [5.41, 5.74) is 3.86. The highest BCUT2D eigenvalue weighted by atomic mass is 79.9. The van der Waals surface area contributed by atoms with Crippen molar-refractivity contribution in [1.29, 1.82) is 0 Å². The Labute approximate surface area is 180 Å². The maximum atomic E-state index is 12.7. The number of benzene rings is 2. The van der Waals surface area contributed by atoms with Crippen LogP contribution in [-0.4, -0.2) is 25.4 Å². The number of nitrogens with zero attached hydrogens (tertiary/aromatic N) is 4. The topological polar surface area (TPSA) is 60.2 Å². The third-order valence-corrected chi connectivity index (χ3v) is 6.55. The molecule has 0 spiro atoms. The van der Waals surface area contributed by atoms with E-state index >= 15 is 0 Å². The quantitative estimate of drug-likeness (QED) is 0.393. The van der Waals surface area contributed by atoms with Crippen LogP contribution in [0.5, 0.6) is 0 Å². The molecule has 0 saturated carbocycles. The van der Waals surface area contributed by atoms with Crippen LogP contribution in [0.25, 0.3) is 5.78 Å². The van der Waals surface area contributed by atoms with Gasteiger partial charge < -0.3 is 0 Å². The smallest absolute Gasteiger partial charge is 0.253 e. The van der Waals surface area contributed by atoms with Gasteiger partial charge in [0.1, 0.15) is 0 Å². The lowest BCUT2D eigenvalue weighted by Crippen LogP contribution is -2.21. The monoisotopic (exact) mass is 464 g/mol. The fourth-order valence-electron chi connectivity index (χ4n) is 3.61. The molecule has 0 saturated heterocycles. The highest BCUT2D eigenvalue weighted by molar-refractivity contribution is 9.10. The summed E-state index contributed by atoms with van der Waals surface area (Å²) in [5.74, 6) is 1.61. The number of Topliss-reactive ketones (excluding diaryl/α,β-unsaturated/α-hetero) is 1. The molecule has 4 aromatic rings. The number of rotatable bonds is 4. The van der Waals surface area contributed by atoms with E-state index in [9.17, 15) is 4.79 Å². The van der Waals surface area contributed by atoms with Crippen LogP contribution in [0.3, 0.4) is 0 Å². The maximum Gasteiger partial charge on any atom is 0.253 e. The molecule has 0 radical (unpaired) electrons. The van der Waals surface area contributed by atoms with E-state index in [0.717, 1.165) is 22.3 Å². The molecule has 5 rings (SSSR count). The number of hydrogen-bond acceptors (Lipinski definition) is 5.